The van der Waals surface area contributed by atoms with Crippen LogP contribution in [0.4, 0.5) is 0 Å². The Labute approximate surface area is 176 Å². The average Bonchev–Trinajstić information content (AvgIpc) is 3.16. The number of rotatable bonds is 8. The molecule has 29 heavy (non-hydrogen) atoms. The van der Waals surface area contributed by atoms with E-state index in [1.54, 1.807) is 15.8 Å². The normalized spacial score (nSPS) is 26.6. The van der Waals surface area contributed by atoms with Gasteiger partial charge in [-0.15, -0.1) is 5.10 Å². The van der Waals surface area contributed by atoms with E-state index < -0.39 is 37.1 Å². The Morgan fingerprint density at radius 3 is 2.59 bits per heavy atom. The fraction of sp³-hybridized carbons (Fsp3) is 0.556. The SMILES string of the molecule is OC[C@@H]1[C@@H](O)[C@H](O)[C@@H](O)CN1CC(O)COCc1cn(-c2ccc(Br)cc2)nn1. The second-order valence-corrected chi connectivity index (χ2v) is 7.97. The largest absolute Gasteiger partial charge is 0.395 e. The first-order chi connectivity index (χ1) is 13.9. The third-order valence-electron chi connectivity index (χ3n) is 4.85. The highest BCUT2D eigenvalue weighted by molar-refractivity contribution is 9.10. The Morgan fingerprint density at radius 2 is 1.90 bits per heavy atom. The third-order valence-corrected chi connectivity index (χ3v) is 5.38. The van der Waals surface area contributed by atoms with Gasteiger partial charge >= 0.3 is 0 Å². The molecule has 11 heteroatoms. The monoisotopic (exact) mass is 472 g/mol. The summed E-state index contributed by atoms with van der Waals surface area (Å²) >= 11 is 3.38. The molecule has 1 aliphatic rings. The van der Waals surface area contributed by atoms with Crippen molar-refractivity contribution >= 4 is 15.9 Å². The lowest BCUT2D eigenvalue weighted by Gasteiger charge is -2.43. The summed E-state index contributed by atoms with van der Waals surface area (Å²) in [5, 5.41) is 57.3. The quantitative estimate of drug-likeness (QED) is 0.315. The van der Waals surface area contributed by atoms with Crippen LogP contribution in [0.25, 0.3) is 5.69 Å². The highest BCUT2D eigenvalue weighted by Crippen LogP contribution is 2.19. The smallest absolute Gasteiger partial charge is 0.109 e. The van der Waals surface area contributed by atoms with Gasteiger partial charge in [0, 0.05) is 17.6 Å². The molecular formula is C18H25BrN4O6. The summed E-state index contributed by atoms with van der Waals surface area (Å²) in [5.74, 6) is 0. The number of likely N-dealkylation sites (tertiary alicyclic amines) is 1. The van der Waals surface area contributed by atoms with E-state index in [2.05, 4.69) is 26.2 Å². The van der Waals surface area contributed by atoms with E-state index in [4.69, 9.17) is 4.74 Å². The summed E-state index contributed by atoms with van der Waals surface area (Å²) in [5.41, 5.74) is 1.45. The highest BCUT2D eigenvalue weighted by atomic mass is 79.9. The topological polar surface area (TPSA) is 144 Å². The first-order valence-electron chi connectivity index (χ1n) is 9.21. The predicted octanol–water partition coefficient (Wildman–Crippen LogP) is -1.33. The van der Waals surface area contributed by atoms with Crippen LogP contribution >= 0.6 is 15.9 Å². The molecule has 2 heterocycles. The van der Waals surface area contributed by atoms with Gasteiger partial charge in [0.15, 0.2) is 0 Å². The summed E-state index contributed by atoms with van der Waals surface area (Å²) in [6.07, 6.45) is -2.97. The third kappa shape index (κ3) is 5.58. The molecule has 10 nitrogen and oxygen atoms in total. The van der Waals surface area contributed by atoms with E-state index in [1.165, 1.54) is 0 Å². The fourth-order valence-corrected chi connectivity index (χ4v) is 3.56. The van der Waals surface area contributed by atoms with Crippen molar-refractivity contribution in [3.8, 4) is 5.69 Å². The number of aromatic nitrogens is 3. The van der Waals surface area contributed by atoms with Crippen molar-refractivity contribution < 1.29 is 30.3 Å². The Balaban J connectivity index is 1.47. The van der Waals surface area contributed by atoms with Gasteiger partial charge in [-0.1, -0.05) is 21.1 Å². The summed E-state index contributed by atoms with van der Waals surface area (Å²) in [4.78, 5) is 1.54. The van der Waals surface area contributed by atoms with Crippen LogP contribution in [0.1, 0.15) is 5.69 Å². The molecule has 0 saturated carbocycles. The standard InChI is InChI=1S/C18H25BrN4O6/c19-11-1-3-13(4-2-11)23-5-12(20-21-23)9-29-10-14(25)6-22-7-16(26)18(28)17(27)15(22)8-24/h1-5,14-18,24-28H,6-10H2/t14?,15-,16+,17-,18-/m1/s1. The van der Waals surface area contributed by atoms with Crippen LogP contribution in [0.2, 0.25) is 0 Å². The van der Waals surface area contributed by atoms with Crippen molar-refractivity contribution in [1.82, 2.24) is 19.9 Å². The predicted molar refractivity (Wildman–Crippen MR) is 105 cm³/mol. The average molecular weight is 473 g/mol. The number of benzene rings is 1. The summed E-state index contributed by atoms with van der Waals surface area (Å²) in [6, 6.07) is 6.81. The van der Waals surface area contributed by atoms with Crippen molar-refractivity contribution in [2.45, 2.75) is 37.1 Å². The Morgan fingerprint density at radius 1 is 1.17 bits per heavy atom. The molecule has 1 aliphatic heterocycles. The molecule has 0 spiro atoms. The van der Waals surface area contributed by atoms with E-state index in [0.29, 0.717) is 5.69 Å². The summed E-state index contributed by atoms with van der Waals surface area (Å²) < 4.78 is 8.08. The number of halogens is 1. The fourth-order valence-electron chi connectivity index (χ4n) is 3.30. The van der Waals surface area contributed by atoms with Crippen molar-refractivity contribution in [2.75, 3.05) is 26.3 Å². The minimum atomic E-state index is -1.33. The molecule has 1 aromatic carbocycles. The second kappa shape index (κ2) is 10.0. The molecule has 1 unspecified atom stereocenters. The van der Waals surface area contributed by atoms with Crippen LogP contribution in [0, 0.1) is 0 Å². The zero-order valence-corrected chi connectivity index (χ0v) is 17.2. The van der Waals surface area contributed by atoms with Gasteiger partial charge in [0.25, 0.3) is 0 Å². The maximum absolute atomic E-state index is 10.2. The molecular weight excluding hydrogens is 448 g/mol. The van der Waals surface area contributed by atoms with Gasteiger partial charge in [0.1, 0.15) is 17.9 Å². The molecule has 5 atom stereocenters. The highest BCUT2D eigenvalue weighted by Gasteiger charge is 2.41. The van der Waals surface area contributed by atoms with Crippen LogP contribution in [0.15, 0.2) is 34.9 Å². The van der Waals surface area contributed by atoms with Crippen molar-refractivity contribution in [1.29, 1.82) is 0 Å². The molecule has 3 rings (SSSR count). The van der Waals surface area contributed by atoms with Gasteiger partial charge in [-0.2, -0.15) is 0 Å². The number of ether oxygens (including phenoxy) is 1. The lowest BCUT2D eigenvalue weighted by Crippen LogP contribution is -2.63. The Bertz CT molecular complexity index is 776. The molecule has 1 saturated heterocycles. The number of hydrogen-bond donors (Lipinski definition) is 5. The molecule has 5 N–H and O–H groups in total. The second-order valence-electron chi connectivity index (χ2n) is 7.05. The Hall–Kier alpha value is -1.44. The minimum Gasteiger partial charge on any atom is -0.395 e. The van der Waals surface area contributed by atoms with Crippen molar-refractivity contribution in [2.24, 2.45) is 0 Å². The van der Waals surface area contributed by atoms with E-state index >= 15 is 0 Å². The van der Waals surface area contributed by atoms with Gasteiger partial charge in [-0.3, -0.25) is 4.90 Å². The van der Waals surface area contributed by atoms with Crippen LogP contribution in [0.3, 0.4) is 0 Å². The maximum atomic E-state index is 10.2. The number of aliphatic hydroxyl groups is 5. The van der Waals surface area contributed by atoms with Gasteiger partial charge in [0.2, 0.25) is 0 Å². The minimum absolute atomic E-state index is 0.00542. The zero-order chi connectivity index (χ0) is 21.0. The van der Waals surface area contributed by atoms with E-state index in [-0.39, 0.29) is 26.3 Å². The van der Waals surface area contributed by atoms with Crippen molar-refractivity contribution in [3.05, 3.63) is 40.6 Å². The molecule has 0 aliphatic carbocycles. The van der Waals surface area contributed by atoms with Gasteiger partial charge in [-0.25, -0.2) is 4.68 Å². The molecule has 0 radical (unpaired) electrons. The van der Waals surface area contributed by atoms with Crippen LogP contribution < -0.4 is 0 Å². The maximum Gasteiger partial charge on any atom is 0.109 e. The zero-order valence-electron chi connectivity index (χ0n) is 15.6. The number of β-amino-alcohol motifs (C(OH)–C–C–N with tert-alkyl or cyclic N) is 2. The van der Waals surface area contributed by atoms with E-state index in [1.807, 2.05) is 24.3 Å². The van der Waals surface area contributed by atoms with Gasteiger partial charge in [-0.05, 0) is 24.3 Å². The molecule has 0 bridgehead atoms. The molecule has 1 fully saturated rings. The van der Waals surface area contributed by atoms with Crippen LogP contribution in [0.5, 0.6) is 0 Å². The van der Waals surface area contributed by atoms with Crippen molar-refractivity contribution in [3.63, 3.8) is 0 Å². The van der Waals surface area contributed by atoms with E-state index in [0.717, 1.165) is 10.2 Å². The lowest BCUT2D eigenvalue weighted by atomic mass is 9.94. The van der Waals surface area contributed by atoms with E-state index in [9.17, 15) is 25.5 Å². The molecule has 0 amide bonds. The summed E-state index contributed by atoms with van der Waals surface area (Å²) in [7, 11) is 0. The number of nitrogens with zero attached hydrogens (tertiary/aromatic N) is 4. The molecule has 160 valence electrons. The first kappa shape index (κ1) is 22.2. The molecule has 1 aromatic heterocycles. The number of hydrogen-bond acceptors (Lipinski definition) is 9. The Kier molecular flexibility index (Phi) is 7.71. The first-order valence-corrected chi connectivity index (χ1v) is 10.0. The summed E-state index contributed by atoms with van der Waals surface area (Å²) in [6.45, 7) is -0.160. The lowest BCUT2D eigenvalue weighted by molar-refractivity contribution is -0.152. The van der Waals surface area contributed by atoms with Gasteiger partial charge in [0.05, 0.1) is 50.0 Å². The van der Waals surface area contributed by atoms with Crippen LogP contribution in [-0.2, 0) is 11.3 Å². The molecule has 2 aromatic rings. The van der Waals surface area contributed by atoms with Gasteiger partial charge < -0.3 is 30.3 Å². The number of aliphatic hydroxyl groups excluding tert-OH is 5. The number of piperidine rings is 1. The van der Waals surface area contributed by atoms with Crippen LogP contribution in [-0.4, -0.2) is 102 Å².